The minimum atomic E-state index is -0.277. The van der Waals surface area contributed by atoms with Crippen molar-refractivity contribution in [2.24, 2.45) is 0 Å². The average Bonchev–Trinajstić information content (AvgIpc) is 2.92. The quantitative estimate of drug-likeness (QED) is 0.107. The summed E-state index contributed by atoms with van der Waals surface area (Å²) in [6, 6.07) is 27.2. The molecule has 5 heteroatoms. The summed E-state index contributed by atoms with van der Waals surface area (Å²) in [7, 11) is 1.62. The van der Waals surface area contributed by atoms with Crippen LogP contribution in [0.5, 0.6) is 5.75 Å². The number of ether oxygens (including phenoxy) is 1. The van der Waals surface area contributed by atoms with E-state index in [1.807, 2.05) is 84.9 Å². The zero-order valence-electron chi connectivity index (χ0n) is 19.2. The molecule has 1 fully saturated rings. The number of alkyl halides is 1. The summed E-state index contributed by atoms with van der Waals surface area (Å²) < 4.78 is 5.29. The van der Waals surface area contributed by atoms with E-state index in [0.29, 0.717) is 11.1 Å². The summed E-state index contributed by atoms with van der Waals surface area (Å²) in [5.41, 5.74) is 4.00. The number of rotatable bonds is 7. The number of Topliss-reactive ketones (excluding diaryl/α,β-unsaturated/α-hetero) is 1. The molecule has 3 aromatic carbocycles. The lowest BCUT2D eigenvalue weighted by molar-refractivity contribution is 0.105. The van der Waals surface area contributed by atoms with Crippen LogP contribution in [0.25, 0.3) is 11.1 Å². The minimum absolute atomic E-state index is 0.0430. The molecule has 1 aliphatic rings. The molecule has 3 nitrogen and oxygen atoms in total. The largest absolute Gasteiger partial charge is 0.497 e. The normalized spacial score (nSPS) is 15.3. The number of thiocarbonyl (C=S) groups is 1. The van der Waals surface area contributed by atoms with Gasteiger partial charge < -0.3 is 9.64 Å². The summed E-state index contributed by atoms with van der Waals surface area (Å²) >= 11 is 9.93. The Morgan fingerprint density at radius 2 is 1.38 bits per heavy atom. The molecular weight excluding hydrogens is 506 g/mol. The van der Waals surface area contributed by atoms with Gasteiger partial charge in [-0.1, -0.05) is 88.8 Å². The third kappa shape index (κ3) is 5.48. The highest BCUT2D eigenvalue weighted by molar-refractivity contribution is 9.10. The first-order valence-electron chi connectivity index (χ1n) is 11.6. The van der Waals surface area contributed by atoms with E-state index in [0.717, 1.165) is 53.4 Å². The Morgan fingerprint density at radius 3 is 1.94 bits per heavy atom. The molecule has 1 saturated heterocycles. The smallest absolute Gasteiger partial charge is 0.193 e. The Bertz CT molecular complexity index is 1150. The standard InChI is InChI=1S/C29H28BrNO2S/c1-33-24-17-15-23(16-18-24)28(32)26(22-13-7-3-8-14-22)25(21-11-5-2-6-12-21)27(30)29(34)31-19-9-4-10-20-31/h2-3,5-8,11-18,27H,4,9-10,19-20H2,1H3/b26-25-. The van der Waals surface area contributed by atoms with Gasteiger partial charge in [-0.3, -0.25) is 4.79 Å². The van der Waals surface area contributed by atoms with Gasteiger partial charge >= 0.3 is 0 Å². The van der Waals surface area contributed by atoms with Gasteiger partial charge in [0.1, 0.15) is 5.75 Å². The fraction of sp³-hybridized carbons (Fsp3) is 0.241. The molecule has 0 saturated carbocycles. The lowest BCUT2D eigenvalue weighted by atomic mass is 9.87. The topological polar surface area (TPSA) is 29.5 Å². The van der Waals surface area contributed by atoms with Crippen LogP contribution in [0.3, 0.4) is 0 Å². The van der Waals surface area contributed by atoms with Gasteiger partial charge in [0.15, 0.2) is 5.78 Å². The molecular formula is C29H28BrNO2S. The number of methoxy groups -OCH3 is 1. The second kappa shape index (κ2) is 11.6. The fourth-order valence-corrected chi connectivity index (χ4v) is 5.42. The van der Waals surface area contributed by atoms with E-state index in [2.05, 4.69) is 20.8 Å². The maximum absolute atomic E-state index is 14.1. The summed E-state index contributed by atoms with van der Waals surface area (Å²) in [6.07, 6.45) is 3.51. The molecule has 0 spiro atoms. The Balaban J connectivity index is 1.90. The van der Waals surface area contributed by atoms with Crippen molar-refractivity contribution >= 4 is 50.1 Å². The van der Waals surface area contributed by atoms with Gasteiger partial charge in [-0.05, 0) is 60.2 Å². The van der Waals surface area contributed by atoms with Crippen molar-refractivity contribution in [1.82, 2.24) is 4.90 Å². The first kappa shape index (κ1) is 24.4. The molecule has 34 heavy (non-hydrogen) atoms. The van der Waals surface area contributed by atoms with Gasteiger partial charge in [0.2, 0.25) is 0 Å². The second-order valence-electron chi connectivity index (χ2n) is 8.33. The molecule has 0 bridgehead atoms. The minimum Gasteiger partial charge on any atom is -0.497 e. The SMILES string of the molecule is COc1ccc(C(=O)/C(=C(/c2ccccc2)C(Br)C(=S)N2CCCCC2)c2ccccc2)cc1. The number of hydrogen-bond acceptors (Lipinski definition) is 3. The van der Waals surface area contributed by atoms with Crippen molar-refractivity contribution in [2.75, 3.05) is 20.2 Å². The van der Waals surface area contributed by atoms with Gasteiger partial charge in [0.05, 0.1) is 16.9 Å². The van der Waals surface area contributed by atoms with Gasteiger partial charge in [-0.25, -0.2) is 0 Å². The van der Waals surface area contributed by atoms with Gasteiger partial charge in [-0.15, -0.1) is 0 Å². The van der Waals surface area contributed by atoms with Crippen molar-refractivity contribution in [3.8, 4) is 5.75 Å². The lowest BCUT2D eigenvalue weighted by Crippen LogP contribution is -2.39. The van der Waals surface area contributed by atoms with Crippen LogP contribution in [0.4, 0.5) is 0 Å². The molecule has 0 aliphatic carbocycles. The summed E-state index contributed by atoms with van der Waals surface area (Å²) in [5.74, 6) is 0.674. The molecule has 0 N–H and O–H groups in total. The van der Waals surface area contributed by atoms with Crippen molar-refractivity contribution in [2.45, 2.75) is 24.1 Å². The number of benzene rings is 3. The van der Waals surface area contributed by atoms with E-state index in [1.54, 1.807) is 7.11 Å². The summed E-state index contributed by atoms with van der Waals surface area (Å²) in [4.78, 5) is 16.9. The van der Waals surface area contributed by atoms with E-state index in [1.165, 1.54) is 6.42 Å². The van der Waals surface area contributed by atoms with Gasteiger partial charge in [0, 0.05) is 24.2 Å². The molecule has 1 heterocycles. The van der Waals surface area contributed by atoms with E-state index in [-0.39, 0.29) is 10.6 Å². The Kier molecular flexibility index (Phi) is 8.30. The number of carbonyl (C=O) groups excluding carboxylic acids is 1. The van der Waals surface area contributed by atoms with Crippen LogP contribution >= 0.6 is 28.1 Å². The molecule has 1 atom stereocenters. The summed E-state index contributed by atoms with van der Waals surface area (Å²) in [5, 5.41) is 0. The Morgan fingerprint density at radius 1 is 0.824 bits per heavy atom. The van der Waals surface area contributed by atoms with E-state index in [9.17, 15) is 4.79 Å². The zero-order chi connectivity index (χ0) is 23.9. The molecule has 1 aliphatic heterocycles. The predicted molar refractivity (Wildman–Crippen MR) is 148 cm³/mol. The van der Waals surface area contributed by atoms with E-state index >= 15 is 0 Å². The second-order valence-corrected chi connectivity index (χ2v) is 9.66. The number of allylic oxidation sites excluding steroid dienone is 1. The summed E-state index contributed by atoms with van der Waals surface area (Å²) in [6.45, 7) is 1.91. The maximum Gasteiger partial charge on any atom is 0.193 e. The first-order chi connectivity index (χ1) is 16.6. The number of likely N-dealkylation sites (tertiary alicyclic amines) is 1. The zero-order valence-corrected chi connectivity index (χ0v) is 21.6. The highest BCUT2D eigenvalue weighted by atomic mass is 79.9. The highest BCUT2D eigenvalue weighted by Crippen LogP contribution is 2.36. The van der Waals surface area contributed by atoms with Crippen LogP contribution in [-0.2, 0) is 0 Å². The molecule has 0 aromatic heterocycles. The number of carbonyl (C=O) groups is 1. The number of nitrogens with zero attached hydrogens (tertiary/aromatic N) is 1. The number of ketones is 1. The first-order valence-corrected chi connectivity index (χ1v) is 12.9. The Labute approximate surface area is 215 Å². The number of halogens is 1. The Hall–Kier alpha value is -2.76. The van der Waals surface area contributed by atoms with Gasteiger partial charge in [0.25, 0.3) is 0 Å². The van der Waals surface area contributed by atoms with E-state index in [4.69, 9.17) is 17.0 Å². The van der Waals surface area contributed by atoms with Crippen molar-refractivity contribution in [3.63, 3.8) is 0 Å². The average molecular weight is 535 g/mol. The monoisotopic (exact) mass is 533 g/mol. The van der Waals surface area contributed by atoms with Crippen LogP contribution < -0.4 is 4.74 Å². The third-order valence-corrected chi connectivity index (χ3v) is 7.82. The van der Waals surface area contributed by atoms with Crippen molar-refractivity contribution < 1.29 is 9.53 Å². The van der Waals surface area contributed by atoms with Gasteiger partial charge in [-0.2, -0.15) is 0 Å². The van der Waals surface area contributed by atoms with Crippen LogP contribution in [0.1, 0.15) is 40.7 Å². The van der Waals surface area contributed by atoms with E-state index < -0.39 is 0 Å². The highest BCUT2D eigenvalue weighted by Gasteiger charge is 2.29. The molecule has 3 aromatic rings. The van der Waals surface area contributed by atoms with Crippen molar-refractivity contribution in [1.29, 1.82) is 0 Å². The molecule has 1 unspecified atom stereocenters. The molecule has 174 valence electrons. The number of hydrogen-bond donors (Lipinski definition) is 0. The van der Waals surface area contributed by atoms with Crippen molar-refractivity contribution in [3.05, 3.63) is 102 Å². The number of piperidine rings is 1. The maximum atomic E-state index is 14.1. The third-order valence-electron chi connectivity index (χ3n) is 6.13. The van der Waals surface area contributed by atoms with Crippen LogP contribution in [-0.4, -0.2) is 40.7 Å². The lowest BCUT2D eigenvalue weighted by Gasteiger charge is -2.33. The fourth-order valence-electron chi connectivity index (χ4n) is 4.33. The van der Waals surface area contributed by atoms with Crippen LogP contribution in [0, 0.1) is 0 Å². The molecule has 0 radical (unpaired) electrons. The van der Waals surface area contributed by atoms with Crippen LogP contribution in [0.15, 0.2) is 84.9 Å². The molecule has 4 rings (SSSR count). The predicted octanol–water partition coefficient (Wildman–Crippen LogP) is 7.07. The molecule has 0 amide bonds. The van der Waals surface area contributed by atoms with Crippen LogP contribution in [0.2, 0.25) is 0 Å².